The third-order valence-electron chi connectivity index (χ3n) is 2.46. The van der Waals surface area contributed by atoms with Crippen molar-refractivity contribution in [3.8, 4) is 0 Å². The molecule has 0 aliphatic carbocycles. The summed E-state index contributed by atoms with van der Waals surface area (Å²) in [5, 5.41) is 10.8. The van der Waals surface area contributed by atoms with Crippen molar-refractivity contribution in [2.45, 2.75) is 22.8 Å². The fourth-order valence-corrected chi connectivity index (χ4v) is 2.96. The Bertz CT molecular complexity index is 555. The zero-order chi connectivity index (χ0) is 13.1. The summed E-state index contributed by atoms with van der Waals surface area (Å²) in [6, 6.07) is 13.2. The zero-order valence-corrected chi connectivity index (χ0v) is 12.1. The molecule has 0 radical (unpaired) electrons. The number of aliphatic hydroxyl groups excluding tert-OH is 1. The first-order valence-corrected chi connectivity index (χ1v) is 7.04. The van der Waals surface area contributed by atoms with Gasteiger partial charge in [0, 0.05) is 14.8 Å². The maximum absolute atomic E-state index is 9.48. The highest BCUT2D eigenvalue weighted by atomic mass is 35.5. The Labute approximate surface area is 121 Å². The van der Waals surface area contributed by atoms with Crippen molar-refractivity contribution in [3.63, 3.8) is 0 Å². The van der Waals surface area contributed by atoms with Crippen LogP contribution in [0.2, 0.25) is 10.0 Å². The average molecular weight is 299 g/mol. The van der Waals surface area contributed by atoms with Crippen LogP contribution in [0, 0.1) is 0 Å². The summed E-state index contributed by atoms with van der Waals surface area (Å²) in [5.74, 6) is 0. The summed E-state index contributed by atoms with van der Waals surface area (Å²) in [4.78, 5) is 1.98. The molecule has 0 aromatic heterocycles. The number of aliphatic hydroxyl groups is 1. The van der Waals surface area contributed by atoms with E-state index in [0.29, 0.717) is 10.0 Å². The molecular weight excluding hydrogens is 287 g/mol. The van der Waals surface area contributed by atoms with Gasteiger partial charge in [-0.15, -0.1) is 0 Å². The molecule has 4 heteroatoms. The summed E-state index contributed by atoms with van der Waals surface area (Å²) in [7, 11) is 0. The topological polar surface area (TPSA) is 20.2 Å². The Hall–Kier alpha value is -0.670. The summed E-state index contributed by atoms with van der Waals surface area (Å²) >= 11 is 13.7. The molecular formula is C14H12Cl2OS. The van der Waals surface area contributed by atoms with E-state index >= 15 is 0 Å². The van der Waals surface area contributed by atoms with Crippen LogP contribution in [0.3, 0.4) is 0 Å². The van der Waals surface area contributed by atoms with Gasteiger partial charge in [0.15, 0.2) is 0 Å². The second-order valence-corrected chi connectivity index (χ2v) is 5.88. The van der Waals surface area contributed by atoms with Crippen LogP contribution in [0.25, 0.3) is 0 Å². The SMILES string of the molecule is C[C@H](O)c1ccc(Sc2cccc(Cl)c2)c(Cl)c1. The van der Waals surface area contributed by atoms with E-state index in [-0.39, 0.29) is 0 Å². The molecule has 1 N–H and O–H groups in total. The Kier molecular flexibility index (Phi) is 4.57. The van der Waals surface area contributed by atoms with Gasteiger partial charge in [-0.25, -0.2) is 0 Å². The first kappa shape index (κ1) is 13.8. The fraction of sp³-hybridized carbons (Fsp3) is 0.143. The maximum atomic E-state index is 9.48. The summed E-state index contributed by atoms with van der Waals surface area (Å²) < 4.78 is 0. The zero-order valence-electron chi connectivity index (χ0n) is 9.73. The molecule has 18 heavy (non-hydrogen) atoms. The van der Waals surface area contributed by atoms with Gasteiger partial charge < -0.3 is 5.11 Å². The Morgan fingerprint density at radius 3 is 2.50 bits per heavy atom. The van der Waals surface area contributed by atoms with Crippen LogP contribution in [0.5, 0.6) is 0 Å². The van der Waals surface area contributed by atoms with Gasteiger partial charge in [-0.1, -0.05) is 47.1 Å². The lowest BCUT2D eigenvalue weighted by Gasteiger charge is -2.09. The largest absolute Gasteiger partial charge is 0.389 e. The quantitative estimate of drug-likeness (QED) is 0.840. The van der Waals surface area contributed by atoms with E-state index in [9.17, 15) is 5.11 Å². The molecule has 0 bridgehead atoms. The van der Waals surface area contributed by atoms with Gasteiger partial charge in [0.25, 0.3) is 0 Å². The first-order chi connectivity index (χ1) is 8.56. The molecule has 0 aliphatic heterocycles. The van der Waals surface area contributed by atoms with Crippen molar-refractivity contribution >= 4 is 35.0 Å². The average Bonchev–Trinajstić information content (AvgIpc) is 2.31. The predicted molar refractivity (Wildman–Crippen MR) is 77.7 cm³/mol. The van der Waals surface area contributed by atoms with Gasteiger partial charge in [-0.2, -0.15) is 0 Å². The van der Waals surface area contributed by atoms with Crippen molar-refractivity contribution in [2.75, 3.05) is 0 Å². The lowest BCUT2D eigenvalue weighted by molar-refractivity contribution is 0.199. The van der Waals surface area contributed by atoms with Crippen molar-refractivity contribution in [1.29, 1.82) is 0 Å². The highest BCUT2D eigenvalue weighted by Crippen LogP contribution is 2.35. The van der Waals surface area contributed by atoms with Crippen LogP contribution in [0.1, 0.15) is 18.6 Å². The standard InChI is InChI=1S/C14H12Cl2OS/c1-9(17)10-5-6-14(13(16)7-10)18-12-4-2-3-11(15)8-12/h2-9,17H,1H3/t9-/m0/s1. The van der Waals surface area contributed by atoms with Gasteiger partial charge in [0.2, 0.25) is 0 Å². The molecule has 0 amide bonds. The Balaban J connectivity index is 2.24. The third-order valence-corrected chi connectivity index (χ3v) is 4.19. The molecule has 0 saturated heterocycles. The molecule has 2 aromatic carbocycles. The van der Waals surface area contributed by atoms with E-state index in [4.69, 9.17) is 23.2 Å². The normalized spacial score (nSPS) is 12.4. The number of halogens is 2. The van der Waals surface area contributed by atoms with E-state index in [0.717, 1.165) is 15.4 Å². The van der Waals surface area contributed by atoms with E-state index in [1.165, 1.54) is 0 Å². The van der Waals surface area contributed by atoms with Crippen molar-refractivity contribution in [3.05, 3.63) is 58.1 Å². The van der Waals surface area contributed by atoms with E-state index < -0.39 is 6.10 Å². The molecule has 1 nitrogen and oxygen atoms in total. The van der Waals surface area contributed by atoms with Gasteiger partial charge >= 0.3 is 0 Å². The van der Waals surface area contributed by atoms with Gasteiger partial charge in [0.1, 0.15) is 0 Å². The van der Waals surface area contributed by atoms with Crippen LogP contribution in [-0.4, -0.2) is 5.11 Å². The van der Waals surface area contributed by atoms with Crippen LogP contribution in [0.15, 0.2) is 52.3 Å². The molecule has 94 valence electrons. The monoisotopic (exact) mass is 298 g/mol. The molecule has 2 rings (SSSR count). The van der Waals surface area contributed by atoms with E-state index in [2.05, 4.69) is 0 Å². The highest BCUT2D eigenvalue weighted by Gasteiger charge is 2.07. The van der Waals surface area contributed by atoms with Gasteiger partial charge in [0.05, 0.1) is 11.1 Å². The molecule has 0 spiro atoms. The second kappa shape index (κ2) is 5.98. The minimum Gasteiger partial charge on any atom is -0.389 e. The number of rotatable bonds is 3. The maximum Gasteiger partial charge on any atom is 0.0762 e. The Morgan fingerprint density at radius 1 is 1.11 bits per heavy atom. The van der Waals surface area contributed by atoms with Crippen molar-refractivity contribution in [2.24, 2.45) is 0 Å². The molecule has 0 saturated carbocycles. The van der Waals surface area contributed by atoms with Crippen molar-refractivity contribution in [1.82, 2.24) is 0 Å². The summed E-state index contributed by atoms with van der Waals surface area (Å²) in [5.41, 5.74) is 0.815. The molecule has 0 heterocycles. The molecule has 0 unspecified atom stereocenters. The van der Waals surface area contributed by atoms with E-state index in [1.807, 2.05) is 36.4 Å². The lowest BCUT2D eigenvalue weighted by atomic mass is 10.1. The number of hydrogen-bond donors (Lipinski definition) is 1. The molecule has 2 aromatic rings. The number of benzene rings is 2. The second-order valence-electron chi connectivity index (χ2n) is 3.93. The minimum absolute atomic E-state index is 0.507. The summed E-state index contributed by atoms with van der Waals surface area (Å²) in [6.45, 7) is 1.72. The lowest BCUT2D eigenvalue weighted by Crippen LogP contribution is -1.90. The minimum atomic E-state index is -0.507. The van der Waals surface area contributed by atoms with Crippen LogP contribution >= 0.6 is 35.0 Å². The van der Waals surface area contributed by atoms with Crippen LogP contribution in [-0.2, 0) is 0 Å². The molecule has 0 fully saturated rings. The van der Waals surface area contributed by atoms with E-state index in [1.54, 1.807) is 24.8 Å². The molecule has 0 aliphatic rings. The van der Waals surface area contributed by atoms with Crippen molar-refractivity contribution < 1.29 is 5.11 Å². The Morgan fingerprint density at radius 2 is 1.89 bits per heavy atom. The first-order valence-electron chi connectivity index (χ1n) is 5.47. The predicted octanol–water partition coefficient (Wildman–Crippen LogP) is 5.20. The fourth-order valence-electron chi connectivity index (χ4n) is 1.52. The molecule has 1 atom stereocenters. The third kappa shape index (κ3) is 3.42. The smallest absolute Gasteiger partial charge is 0.0762 e. The highest BCUT2D eigenvalue weighted by molar-refractivity contribution is 7.99. The number of hydrogen-bond acceptors (Lipinski definition) is 2. The van der Waals surface area contributed by atoms with Gasteiger partial charge in [-0.05, 0) is 42.8 Å². The van der Waals surface area contributed by atoms with Crippen LogP contribution in [0.4, 0.5) is 0 Å². The van der Waals surface area contributed by atoms with Crippen LogP contribution < -0.4 is 0 Å². The summed E-state index contributed by atoms with van der Waals surface area (Å²) in [6.07, 6.45) is -0.507. The van der Waals surface area contributed by atoms with Gasteiger partial charge in [-0.3, -0.25) is 0 Å².